The van der Waals surface area contributed by atoms with Gasteiger partial charge in [0.05, 0.1) is 0 Å². The molecule has 0 aromatic rings. The first kappa shape index (κ1) is 55.9. The van der Waals surface area contributed by atoms with Gasteiger partial charge in [-0.2, -0.15) is 0 Å². The van der Waals surface area contributed by atoms with Crippen LogP contribution in [0.3, 0.4) is 0 Å². The van der Waals surface area contributed by atoms with Gasteiger partial charge in [0.1, 0.15) is 12.6 Å². The largest absolute Gasteiger partial charge is 0.480 e. The summed E-state index contributed by atoms with van der Waals surface area (Å²) in [6.45, 7) is 4.25. The van der Waals surface area contributed by atoms with Gasteiger partial charge in [-0.25, -0.2) is 0 Å². The molecule has 0 aliphatic carbocycles. The number of carboxylic acids is 1. The summed E-state index contributed by atoms with van der Waals surface area (Å²) in [6, 6.07) is 0. The average Bonchev–Trinajstić information content (AvgIpc) is 3.21. The van der Waals surface area contributed by atoms with Crippen LogP contribution in [0.2, 0.25) is 0 Å². The van der Waals surface area contributed by atoms with Crippen molar-refractivity contribution in [3.8, 4) is 0 Å². The van der Waals surface area contributed by atoms with E-state index in [1.165, 1.54) is 180 Å². The summed E-state index contributed by atoms with van der Waals surface area (Å²) in [7, 11) is 0. The zero-order valence-electron chi connectivity index (χ0n) is 38.7. The van der Waals surface area contributed by atoms with E-state index in [1.807, 2.05) is 0 Å². The third-order valence-electron chi connectivity index (χ3n) is 11.6. The Bertz CT molecular complexity index is 946. The minimum atomic E-state index is -1.02. The topological polar surface area (TPSA) is 92.7 Å². The summed E-state index contributed by atoms with van der Waals surface area (Å²) < 4.78 is 6.05. The van der Waals surface area contributed by atoms with Gasteiger partial charge in [0.25, 0.3) is 0 Å². The van der Waals surface area contributed by atoms with Crippen molar-refractivity contribution >= 4 is 17.8 Å². The van der Waals surface area contributed by atoms with Gasteiger partial charge >= 0.3 is 11.9 Å². The predicted octanol–water partition coefficient (Wildman–Crippen LogP) is 16.2. The SMILES string of the molecule is CCCCCCCCCC/C=C\CCCCCCCCCCCCCC(=O)OC(CCC/C=C\CCCCCCCCCC)CCCCCCCC(=O)NCC(=O)O. The molecule has 1 unspecified atom stereocenters. The van der Waals surface area contributed by atoms with Gasteiger partial charge in [0, 0.05) is 12.8 Å². The summed E-state index contributed by atoms with van der Waals surface area (Å²) in [5, 5.41) is 11.1. The molecule has 58 heavy (non-hydrogen) atoms. The lowest BCUT2D eigenvalue weighted by Gasteiger charge is -2.18. The average molecular weight is 816 g/mol. The predicted molar refractivity (Wildman–Crippen MR) is 249 cm³/mol. The molecule has 1 amide bonds. The molecule has 0 saturated heterocycles. The van der Waals surface area contributed by atoms with Crippen LogP contribution in [0.5, 0.6) is 0 Å². The van der Waals surface area contributed by atoms with E-state index in [0.29, 0.717) is 12.8 Å². The molecule has 0 bridgehead atoms. The number of rotatable bonds is 47. The number of carboxylic acid groups (broad SMARTS) is 1. The normalized spacial score (nSPS) is 12.2. The molecule has 0 spiro atoms. The monoisotopic (exact) mass is 816 g/mol. The highest BCUT2D eigenvalue weighted by Crippen LogP contribution is 2.19. The quantitative estimate of drug-likeness (QED) is 0.0363. The third-order valence-corrected chi connectivity index (χ3v) is 11.6. The van der Waals surface area contributed by atoms with Crippen molar-refractivity contribution in [2.45, 2.75) is 283 Å². The number of unbranched alkanes of at least 4 members (excludes halogenated alkanes) is 32. The summed E-state index contributed by atoms with van der Waals surface area (Å²) in [5.74, 6) is -1.24. The molecule has 1 atom stereocenters. The van der Waals surface area contributed by atoms with E-state index in [2.05, 4.69) is 43.5 Å². The fourth-order valence-electron chi connectivity index (χ4n) is 7.81. The maximum Gasteiger partial charge on any atom is 0.322 e. The maximum absolute atomic E-state index is 12.8. The Hall–Kier alpha value is -2.11. The number of hydrogen-bond donors (Lipinski definition) is 2. The molecule has 0 rings (SSSR count). The van der Waals surface area contributed by atoms with Crippen LogP contribution >= 0.6 is 0 Å². The first-order valence-corrected chi connectivity index (χ1v) is 25.5. The van der Waals surface area contributed by atoms with Gasteiger partial charge < -0.3 is 15.2 Å². The molecular weight excluding hydrogens is 719 g/mol. The minimum Gasteiger partial charge on any atom is -0.480 e. The number of aliphatic carboxylic acids is 1. The van der Waals surface area contributed by atoms with E-state index in [-0.39, 0.29) is 24.5 Å². The lowest BCUT2D eigenvalue weighted by atomic mass is 10.0. The standard InChI is InChI=1S/C52H97NO5/c1-3-5-7-9-11-13-15-17-18-19-20-21-22-23-24-25-26-28-30-32-34-39-43-47-52(57)58-49(45-41-37-35-38-42-46-50(54)53-48-51(55)56)44-40-36-33-31-29-27-16-14-12-10-8-6-4-2/h19-20,31,33,49H,3-18,21-30,32,34-48H2,1-2H3,(H,53,54)(H,55,56)/b20-19-,33-31-. The molecule has 0 aromatic carbocycles. The Morgan fingerprint density at radius 1 is 0.431 bits per heavy atom. The molecule has 0 aliphatic rings. The summed E-state index contributed by atoms with van der Waals surface area (Å²) >= 11 is 0. The molecule has 0 fully saturated rings. The van der Waals surface area contributed by atoms with E-state index in [0.717, 1.165) is 70.6 Å². The molecule has 6 nitrogen and oxygen atoms in total. The van der Waals surface area contributed by atoms with Gasteiger partial charge in [-0.3, -0.25) is 14.4 Å². The van der Waals surface area contributed by atoms with Crippen molar-refractivity contribution in [1.82, 2.24) is 5.32 Å². The van der Waals surface area contributed by atoms with Gasteiger partial charge in [-0.1, -0.05) is 205 Å². The lowest BCUT2D eigenvalue weighted by molar-refractivity contribution is -0.150. The highest BCUT2D eigenvalue weighted by atomic mass is 16.5. The Kier molecular flexibility index (Phi) is 45.8. The minimum absolute atomic E-state index is 0.00333. The number of carbonyl (C=O) groups is 3. The van der Waals surface area contributed by atoms with Crippen LogP contribution in [0.15, 0.2) is 24.3 Å². The van der Waals surface area contributed by atoms with Crippen molar-refractivity contribution in [2.75, 3.05) is 6.54 Å². The first-order chi connectivity index (χ1) is 28.5. The van der Waals surface area contributed by atoms with Crippen LogP contribution in [0.4, 0.5) is 0 Å². The molecule has 340 valence electrons. The van der Waals surface area contributed by atoms with Crippen molar-refractivity contribution in [1.29, 1.82) is 0 Å². The second-order valence-corrected chi connectivity index (χ2v) is 17.4. The Morgan fingerprint density at radius 2 is 0.759 bits per heavy atom. The molecule has 0 heterocycles. The van der Waals surface area contributed by atoms with Crippen LogP contribution in [-0.4, -0.2) is 35.6 Å². The van der Waals surface area contributed by atoms with Crippen molar-refractivity contribution < 1.29 is 24.2 Å². The smallest absolute Gasteiger partial charge is 0.322 e. The summed E-state index contributed by atoms with van der Waals surface area (Å²) in [6.07, 6.45) is 59.0. The van der Waals surface area contributed by atoms with Crippen LogP contribution in [-0.2, 0) is 19.1 Å². The van der Waals surface area contributed by atoms with E-state index in [4.69, 9.17) is 9.84 Å². The van der Waals surface area contributed by atoms with Crippen molar-refractivity contribution in [3.05, 3.63) is 24.3 Å². The van der Waals surface area contributed by atoms with E-state index < -0.39 is 5.97 Å². The van der Waals surface area contributed by atoms with E-state index in [1.54, 1.807) is 0 Å². The van der Waals surface area contributed by atoms with Crippen LogP contribution < -0.4 is 5.32 Å². The first-order valence-electron chi connectivity index (χ1n) is 25.5. The Morgan fingerprint density at radius 3 is 1.17 bits per heavy atom. The molecule has 0 radical (unpaired) electrons. The van der Waals surface area contributed by atoms with Crippen LogP contribution in [0, 0.1) is 0 Å². The third kappa shape index (κ3) is 46.6. The molecule has 2 N–H and O–H groups in total. The Labute approximate surface area is 360 Å². The maximum atomic E-state index is 12.8. The highest BCUT2D eigenvalue weighted by molar-refractivity contribution is 5.80. The summed E-state index contributed by atoms with van der Waals surface area (Å²) in [4.78, 5) is 35.2. The number of amides is 1. The fraction of sp³-hybridized carbons (Fsp3) is 0.865. The van der Waals surface area contributed by atoms with E-state index in [9.17, 15) is 14.4 Å². The highest BCUT2D eigenvalue weighted by Gasteiger charge is 2.14. The van der Waals surface area contributed by atoms with Gasteiger partial charge in [0.15, 0.2) is 0 Å². The van der Waals surface area contributed by atoms with Crippen molar-refractivity contribution in [3.63, 3.8) is 0 Å². The second kappa shape index (κ2) is 47.6. The lowest BCUT2D eigenvalue weighted by Crippen LogP contribution is -2.28. The fourth-order valence-corrected chi connectivity index (χ4v) is 7.81. The number of carbonyl (C=O) groups excluding carboxylic acids is 2. The second-order valence-electron chi connectivity index (χ2n) is 17.4. The molecule has 0 saturated carbocycles. The number of nitrogens with one attached hydrogen (secondary N) is 1. The zero-order valence-corrected chi connectivity index (χ0v) is 38.7. The van der Waals surface area contributed by atoms with E-state index >= 15 is 0 Å². The number of esters is 1. The number of hydrogen-bond acceptors (Lipinski definition) is 4. The Balaban J connectivity index is 4.04. The molecule has 6 heteroatoms. The van der Waals surface area contributed by atoms with Crippen LogP contribution in [0.25, 0.3) is 0 Å². The number of allylic oxidation sites excluding steroid dienone is 4. The van der Waals surface area contributed by atoms with Gasteiger partial charge in [-0.05, 0) is 83.5 Å². The molecular formula is C52H97NO5. The zero-order chi connectivity index (χ0) is 42.3. The van der Waals surface area contributed by atoms with Crippen LogP contribution in [0.1, 0.15) is 277 Å². The molecule has 0 aliphatic heterocycles. The number of ether oxygens (including phenoxy) is 1. The van der Waals surface area contributed by atoms with Crippen molar-refractivity contribution in [2.24, 2.45) is 0 Å². The summed E-state index contributed by atoms with van der Waals surface area (Å²) in [5.41, 5.74) is 0. The van der Waals surface area contributed by atoms with Gasteiger partial charge in [0.2, 0.25) is 5.91 Å². The van der Waals surface area contributed by atoms with Gasteiger partial charge in [-0.15, -0.1) is 0 Å². The molecule has 0 aromatic heterocycles.